The number of hydrogen-bond acceptors (Lipinski definition) is 39. The molecule has 10 aromatic heterocycles. The molecule has 147 heavy (non-hydrogen) atoms. The van der Waals surface area contributed by atoms with Crippen LogP contribution in [0, 0.1) is 0 Å². The van der Waals surface area contributed by atoms with Gasteiger partial charge in [-0.3, -0.25) is 9.89 Å². The van der Waals surface area contributed by atoms with Crippen LogP contribution in [0.3, 0.4) is 0 Å². The van der Waals surface area contributed by atoms with Crippen molar-refractivity contribution in [3.8, 4) is 23.8 Å². The normalized spacial score (nSPS) is 15.7. The number of aromatic amines is 1. The van der Waals surface area contributed by atoms with Gasteiger partial charge in [-0.1, -0.05) is 69.6 Å². The van der Waals surface area contributed by atoms with Gasteiger partial charge < -0.3 is 93.1 Å². The first kappa shape index (κ1) is 135. The number of H-pyrrole nitrogens is 1. The van der Waals surface area contributed by atoms with Crippen LogP contribution in [0.4, 0.5) is 58.4 Å². The molecule has 15 rings (SSSR count). The van der Waals surface area contributed by atoms with E-state index in [1.807, 2.05) is 0 Å². The number of anilines is 4. The molecule has 4 saturated carbocycles. The van der Waals surface area contributed by atoms with E-state index in [0.717, 1.165) is 12.9 Å². The molecular formula is C85H115Cl7Cs2F8N26O18S. The maximum atomic E-state index is 13.4. The van der Waals surface area contributed by atoms with Gasteiger partial charge >= 0.3 is 156 Å². The predicted molar refractivity (Wildman–Crippen MR) is 518 cm³/mol. The van der Waals surface area contributed by atoms with Crippen LogP contribution in [0.15, 0.2) is 96.8 Å². The second kappa shape index (κ2) is 70.1. The van der Waals surface area contributed by atoms with E-state index >= 15 is 0 Å². The Balaban J connectivity index is 0.000000580. The number of alkyl halides is 8. The predicted octanol–water partition coefficient (Wildman–Crippen LogP) is 5.38. The van der Waals surface area contributed by atoms with E-state index in [1.165, 1.54) is 80.5 Å². The molecule has 0 bridgehead atoms. The van der Waals surface area contributed by atoms with E-state index in [4.69, 9.17) is 115 Å². The van der Waals surface area contributed by atoms with Crippen molar-refractivity contribution in [1.82, 2.24) is 104 Å². The van der Waals surface area contributed by atoms with Gasteiger partial charge in [0.25, 0.3) is 30.3 Å². The Morgan fingerprint density at radius 2 is 0.857 bits per heavy atom. The zero-order valence-electron chi connectivity index (χ0n) is 82.0. The smallest absolute Gasteiger partial charge is 1.00 e. The number of hydrogen-bond donors (Lipinski definition) is 12. The van der Waals surface area contributed by atoms with Gasteiger partial charge in [0.05, 0.1) is 77.0 Å². The summed E-state index contributed by atoms with van der Waals surface area (Å²) in [4.78, 5) is 87.4. The molecule has 0 aromatic carbocycles. The molecule has 1 unspecified atom stereocenters. The molecular weight excluding hydrogens is 2370 g/mol. The molecule has 1 atom stereocenters. The number of nitrogens with one attached hydrogen (secondary N) is 5. The molecule has 4 aliphatic carbocycles. The Labute approximate surface area is 995 Å². The summed E-state index contributed by atoms with van der Waals surface area (Å²) < 4.78 is 151. The summed E-state index contributed by atoms with van der Waals surface area (Å²) in [6.45, 7) is 10.3. The van der Waals surface area contributed by atoms with Gasteiger partial charge in [0.2, 0.25) is 38.7 Å². The third-order valence-corrected chi connectivity index (χ3v) is 22.1. The average Bonchev–Trinajstić information content (AvgIpc) is 1.43. The molecule has 13 N–H and O–H groups in total. The minimum absolute atomic E-state index is 0. The summed E-state index contributed by atoms with van der Waals surface area (Å²) >= 11 is 34.5. The maximum Gasteiger partial charge on any atom is 1.00 e. The molecule has 0 radical (unpaired) electrons. The van der Waals surface area contributed by atoms with Crippen LogP contribution in [-0.2, 0) is 51.7 Å². The number of aliphatic hydroxyl groups excluding tert-OH is 6. The van der Waals surface area contributed by atoms with Crippen LogP contribution < -0.4 is 175 Å². The summed E-state index contributed by atoms with van der Waals surface area (Å²) in [5.74, 6) is -8.99. The number of sulfone groups is 1. The average molecular weight is 2490 g/mol. The van der Waals surface area contributed by atoms with Crippen molar-refractivity contribution in [2.75, 3.05) is 106 Å². The molecule has 5 aliphatic rings. The van der Waals surface area contributed by atoms with Gasteiger partial charge in [0.15, 0.2) is 11.4 Å². The van der Waals surface area contributed by atoms with E-state index < -0.39 is 45.5 Å². The van der Waals surface area contributed by atoms with Crippen molar-refractivity contribution >= 4 is 140 Å². The Morgan fingerprint density at radius 1 is 0.517 bits per heavy atom. The second-order valence-electron chi connectivity index (χ2n) is 31.5. The number of rotatable bonds is 29. The molecule has 10 aromatic rings. The molecule has 0 spiro atoms. The van der Waals surface area contributed by atoms with E-state index in [0.29, 0.717) is 118 Å². The topological polar surface area (TPSA) is 599 Å². The molecule has 1 saturated heterocycles. The van der Waals surface area contributed by atoms with Gasteiger partial charge in [-0.05, 0) is 122 Å². The SMILES string of the molecule is CC1CCCO1.CCOC(=O)c1ccn(-c2nc(Cl)cc(Cl)n2)n1.CCOC(=O)c1ccn(-c2nc(Cl)cc(NC3CCC(F)(F)CC3)n2)n1.CCOC(=O)c1ccn[nH]1.CS(=O)(=O)c1nc(Cl)cc(Cl)n1.Cl.NC1CCC(F)(F)CC1.O=CO[O-].OCCN(CCO)c1cc(NC2CCC(F)(F)CC2)nc(-n2ccc(CO)n2)n1.OCCNCCO.OCc1ccn(-c2nc(Cl)cc(NC3CCC(F)(F)CC3)n2)n1.[Cs+].[Cs+].[H-]. The molecule has 5 fully saturated rings. The zero-order chi connectivity index (χ0) is 106. The van der Waals surface area contributed by atoms with Crippen LogP contribution in [0.2, 0.25) is 30.9 Å². The van der Waals surface area contributed by atoms with Crippen LogP contribution in [0.5, 0.6) is 0 Å². The van der Waals surface area contributed by atoms with Crippen molar-refractivity contribution in [1.29, 1.82) is 0 Å². The molecule has 806 valence electrons. The molecule has 1 aliphatic heterocycles. The third-order valence-electron chi connectivity index (χ3n) is 20.1. The van der Waals surface area contributed by atoms with Crippen LogP contribution in [-0.4, -0.2) is 302 Å². The first-order valence-corrected chi connectivity index (χ1v) is 48.9. The largest absolute Gasteiger partial charge is 1.00 e. The van der Waals surface area contributed by atoms with E-state index in [-0.39, 0.29) is 377 Å². The summed E-state index contributed by atoms with van der Waals surface area (Å²) in [5, 5.41) is 96.8. The number of esters is 3. The monoisotopic (exact) mass is 2480 g/mol. The van der Waals surface area contributed by atoms with E-state index in [2.05, 4.69) is 118 Å². The van der Waals surface area contributed by atoms with Crippen molar-refractivity contribution < 1.29 is 262 Å². The second-order valence-corrected chi connectivity index (χ2v) is 35.7. The van der Waals surface area contributed by atoms with Crippen molar-refractivity contribution in [2.45, 2.75) is 216 Å². The summed E-state index contributed by atoms with van der Waals surface area (Å²) in [6.07, 6.45) is 13.9. The Hall–Kier alpha value is -6.35. The third kappa shape index (κ3) is 52.0. The number of carbonyl (C=O) groups excluding carboxylic acids is 4. The van der Waals surface area contributed by atoms with Crippen LogP contribution >= 0.6 is 82.0 Å². The number of halogens is 15. The van der Waals surface area contributed by atoms with Gasteiger partial charge in [-0.25, -0.2) is 86.6 Å². The summed E-state index contributed by atoms with van der Waals surface area (Å²) in [6, 6.07) is 14.9. The minimum Gasteiger partial charge on any atom is -1.00 e. The standard InChI is InChI=1S/C18H26F2N6O3.C16H18ClF2N5O2.C14H16ClF2N5O.C10H8Cl2N4O2.C6H11F2N.C6H8N2O2.C5H4Cl2N2O2S.C5H10O.C4H11NO2.CH2O3.ClH.2Cs.H/c19-18(20)4-1-13(2-5-18)21-15-11-16(25(7-9-27)8-10-28)23-17(22-15)26-6-3-14(12-29)24-26;1-2-26-14(25)11-5-8-24(23-11)15-21-12(17)9-13(22-15)20-10-3-6-16(18,19)7-4-10;15-11-7-12(18-9-1-4-14(16,17)5-2-9)20-13(19-11)22-6-3-10(8-23)21-22;1-2-18-9(17)6-3-4-16(15-6)10-13-7(11)5-8(12)14-10;7-6(8)3-1-5(9)2-4-6;1-2-10-6(9)5-3-4-7-8-5;1-12(10,11)5-8-3(6)2-4(7)9-5;1-5-3-2-4-6-5;6-3-1-5-2-4-7;2-1-4-3;;;;/h3,6,11,13,27-29H,1-2,4-5,7-10,12H2,(H,21,22,23);5,8-10H,2-4,6-7H2,1H3,(H,20,21,22);3,6-7,9,23H,1-2,4-5,8H2,(H,18,19,20);3-5H,2H2,1H3;5H,1-4,9H2;3-4H,2H2,1H3,(H,7,8);2H,1H3;5H,2-4H2,1H3;5-7H,1-4H2;1,3H;1H;;;/q;;;;;;;;;;;2*+1;-1/p-1. The van der Waals surface area contributed by atoms with Crippen molar-refractivity contribution in [3.05, 3.63) is 151 Å². The quantitative estimate of drug-likeness (QED) is 0.00322. The van der Waals surface area contributed by atoms with Crippen molar-refractivity contribution in [2.24, 2.45) is 5.73 Å². The first-order chi connectivity index (χ1) is 68.4. The van der Waals surface area contributed by atoms with Crippen LogP contribution in [0.1, 0.15) is 188 Å². The minimum atomic E-state index is -3.44. The summed E-state index contributed by atoms with van der Waals surface area (Å²) in [7, 11) is -3.44. The van der Waals surface area contributed by atoms with Gasteiger partial charge in [-0.15, -0.1) is 12.4 Å². The maximum absolute atomic E-state index is 13.4. The van der Waals surface area contributed by atoms with Gasteiger partial charge in [-0.2, -0.15) is 65.4 Å². The molecule has 44 nitrogen and oxygen atoms in total. The van der Waals surface area contributed by atoms with Gasteiger partial charge in [0, 0.05) is 176 Å². The fourth-order valence-electron chi connectivity index (χ4n) is 13.0. The summed E-state index contributed by atoms with van der Waals surface area (Å²) in [5.41, 5.74) is 7.03. The Kier molecular flexibility index (Phi) is 64.3. The number of nitrogens with zero attached hydrogens (tertiary/aromatic N) is 20. The number of carbonyl (C=O) groups is 4. The zero-order valence-corrected chi connectivity index (χ0v) is 99.7. The first-order valence-electron chi connectivity index (χ1n) is 44.7. The fourth-order valence-corrected chi connectivity index (χ4v) is 14.8. The van der Waals surface area contributed by atoms with E-state index in [1.54, 1.807) is 68.4 Å². The Bertz CT molecular complexity index is 5580. The Morgan fingerprint density at radius 3 is 1.16 bits per heavy atom. The molecule has 0 amide bonds. The number of aromatic nitrogens is 20. The van der Waals surface area contributed by atoms with Crippen molar-refractivity contribution in [3.63, 3.8) is 0 Å². The number of nitrogens with two attached hydrogens (primary N) is 1. The van der Waals surface area contributed by atoms with E-state index in [9.17, 15) is 73.2 Å². The molecule has 11 heterocycles. The molecule has 62 heteroatoms. The number of aliphatic hydroxyl groups is 6. The number of ether oxygens (including phenoxy) is 4. The fraction of sp³-hybridized carbons (Fsp3) is 0.541. The van der Waals surface area contributed by atoms with Gasteiger partial charge in [0.1, 0.15) is 59.9 Å². The van der Waals surface area contributed by atoms with Crippen LogP contribution in [0.25, 0.3) is 23.8 Å².